The van der Waals surface area contributed by atoms with E-state index in [-0.39, 0.29) is 25.3 Å². The average Bonchev–Trinajstić information content (AvgIpc) is 3.20. The van der Waals surface area contributed by atoms with E-state index in [9.17, 15) is 9.59 Å². The second-order valence-electron chi connectivity index (χ2n) is 6.13. The van der Waals surface area contributed by atoms with Crippen LogP contribution in [0.25, 0.3) is 0 Å². The van der Waals surface area contributed by atoms with Gasteiger partial charge < -0.3 is 14.8 Å². The molecular weight excluding hydrogens is 320 g/mol. The maximum Gasteiger partial charge on any atom is 0.325 e. The number of carbonyl (C=O) groups excluding carboxylic acids is 2. The van der Waals surface area contributed by atoms with Crippen LogP contribution in [0.2, 0.25) is 0 Å². The Morgan fingerprint density at radius 3 is 2.60 bits per heavy atom. The number of amides is 3. The van der Waals surface area contributed by atoms with Gasteiger partial charge in [-0.05, 0) is 29.7 Å². The number of urea groups is 1. The fourth-order valence-electron chi connectivity index (χ4n) is 3.35. The summed E-state index contributed by atoms with van der Waals surface area (Å²) in [5, 5.41) is 2.89. The van der Waals surface area contributed by atoms with E-state index in [4.69, 9.17) is 9.47 Å². The molecule has 0 aliphatic carbocycles. The second-order valence-corrected chi connectivity index (χ2v) is 6.13. The minimum Gasteiger partial charge on any atom is -0.454 e. The molecule has 2 heterocycles. The lowest BCUT2D eigenvalue weighted by Crippen LogP contribution is -2.43. The lowest BCUT2D eigenvalue weighted by atomic mass is 9.87. The van der Waals surface area contributed by atoms with Crippen LogP contribution in [0.1, 0.15) is 24.5 Å². The molecule has 2 aromatic rings. The van der Waals surface area contributed by atoms with Crippen molar-refractivity contribution >= 4 is 11.9 Å². The Morgan fingerprint density at radius 1 is 1.08 bits per heavy atom. The molecule has 0 bridgehead atoms. The fraction of sp³-hybridized carbons (Fsp3) is 0.263. The predicted molar refractivity (Wildman–Crippen MR) is 90.1 cm³/mol. The highest BCUT2D eigenvalue weighted by Gasteiger charge is 2.51. The summed E-state index contributed by atoms with van der Waals surface area (Å²) in [5.41, 5.74) is 0.603. The zero-order chi connectivity index (χ0) is 17.4. The highest BCUT2D eigenvalue weighted by Crippen LogP contribution is 2.35. The molecule has 3 amide bonds. The molecule has 0 saturated carbocycles. The molecule has 1 N–H and O–H groups in total. The minimum absolute atomic E-state index is 0.189. The summed E-state index contributed by atoms with van der Waals surface area (Å²) >= 11 is 0. The number of ether oxygens (including phenoxy) is 2. The number of imide groups is 1. The van der Waals surface area contributed by atoms with E-state index in [0.717, 1.165) is 11.1 Å². The average molecular weight is 338 g/mol. The topological polar surface area (TPSA) is 67.9 Å². The Bertz CT molecular complexity index is 837. The summed E-state index contributed by atoms with van der Waals surface area (Å²) in [4.78, 5) is 26.9. The highest BCUT2D eigenvalue weighted by molar-refractivity contribution is 6.07. The number of nitrogens with one attached hydrogen (secondary N) is 1. The molecular formula is C19H18N2O4. The first kappa shape index (κ1) is 15.5. The first-order valence-corrected chi connectivity index (χ1v) is 8.22. The maximum absolute atomic E-state index is 13.1. The maximum atomic E-state index is 13.1. The molecule has 1 atom stereocenters. The van der Waals surface area contributed by atoms with Crippen molar-refractivity contribution in [1.82, 2.24) is 10.2 Å². The summed E-state index contributed by atoms with van der Waals surface area (Å²) in [6, 6.07) is 14.4. The van der Waals surface area contributed by atoms with Gasteiger partial charge >= 0.3 is 6.03 Å². The van der Waals surface area contributed by atoms with Crippen LogP contribution in [0.4, 0.5) is 4.79 Å². The van der Waals surface area contributed by atoms with Crippen LogP contribution in [0.3, 0.4) is 0 Å². The van der Waals surface area contributed by atoms with E-state index in [1.165, 1.54) is 4.90 Å². The smallest absolute Gasteiger partial charge is 0.325 e. The van der Waals surface area contributed by atoms with Gasteiger partial charge in [0.15, 0.2) is 11.5 Å². The molecule has 2 aliphatic rings. The standard InChI is InChI=1S/C19H18N2O4/c1-2-19(14-6-4-3-5-7-14)17(22)21(18(23)20-19)11-13-8-9-15-16(10-13)25-12-24-15/h3-10H,2,11-12H2,1H3,(H,20,23). The van der Waals surface area contributed by atoms with Crippen LogP contribution in [-0.2, 0) is 16.9 Å². The molecule has 6 heteroatoms. The van der Waals surface area contributed by atoms with Crippen molar-refractivity contribution in [2.75, 3.05) is 6.79 Å². The van der Waals surface area contributed by atoms with E-state index in [1.54, 1.807) is 12.1 Å². The van der Waals surface area contributed by atoms with Gasteiger partial charge in [-0.15, -0.1) is 0 Å². The van der Waals surface area contributed by atoms with Gasteiger partial charge in [0.1, 0.15) is 5.54 Å². The number of benzene rings is 2. The van der Waals surface area contributed by atoms with E-state index in [0.29, 0.717) is 17.9 Å². The summed E-state index contributed by atoms with van der Waals surface area (Å²) in [6.45, 7) is 2.28. The van der Waals surface area contributed by atoms with Crippen LogP contribution in [-0.4, -0.2) is 23.6 Å². The SMILES string of the molecule is CCC1(c2ccccc2)NC(=O)N(Cc2ccc3c(c2)OCO3)C1=O. The fourth-order valence-corrected chi connectivity index (χ4v) is 3.35. The molecule has 1 unspecified atom stereocenters. The predicted octanol–water partition coefficient (Wildman–Crippen LogP) is 2.77. The normalized spacial score (nSPS) is 21.6. The summed E-state index contributed by atoms with van der Waals surface area (Å²) < 4.78 is 10.7. The van der Waals surface area contributed by atoms with Crippen molar-refractivity contribution in [1.29, 1.82) is 0 Å². The van der Waals surface area contributed by atoms with Crippen LogP contribution in [0.5, 0.6) is 11.5 Å². The number of hydrogen-bond acceptors (Lipinski definition) is 4. The van der Waals surface area contributed by atoms with Gasteiger partial charge in [0, 0.05) is 0 Å². The third kappa shape index (κ3) is 2.41. The Morgan fingerprint density at radius 2 is 1.84 bits per heavy atom. The lowest BCUT2D eigenvalue weighted by Gasteiger charge is -2.25. The molecule has 6 nitrogen and oxygen atoms in total. The van der Waals surface area contributed by atoms with Crippen LogP contribution in [0.15, 0.2) is 48.5 Å². The van der Waals surface area contributed by atoms with E-state index >= 15 is 0 Å². The number of rotatable bonds is 4. The monoisotopic (exact) mass is 338 g/mol. The van der Waals surface area contributed by atoms with Gasteiger partial charge in [-0.25, -0.2) is 4.79 Å². The Balaban J connectivity index is 1.63. The Labute approximate surface area is 145 Å². The summed E-state index contributed by atoms with van der Waals surface area (Å²) in [6.07, 6.45) is 0.485. The van der Waals surface area contributed by atoms with Crippen molar-refractivity contribution < 1.29 is 19.1 Å². The van der Waals surface area contributed by atoms with Crippen molar-refractivity contribution in [3.05, 3.63) is 59.7 Å². The van der Waals surface area contributed by atoms with Crippen molar-refractivity contribution in [2.24, 2.45) is 0 Å². The van der Waals surface area contributed by atoms with Gasteiger partial charge in [0.25, 0.3) is 5.91 Å². The zero-order valence-electron chi connectivity index (χ0n) is 13.8. The quantitative estimate of drug-likeness (QED) is 0.871. The highest BCUT2D eigenvalue weighted by atomic mass is 16.7. The number of fused-ring (bicyclic) bond motifs is 1. The molecule has 4 rings (SSSR count). The molecule has 2 aliphatic heterocycles. The van der Waals surface area contributed by atoms with E-state index in [2.05, 4.69) is 5.32 Å². The van der Waals surface area contributed by atoms with Gasteiger partial charge in [0.05, 0.1) is 6.54 Å². The van der Waals surface area contributed by atoms with Crippen LogP contribution in [0, 0.1) is 0 Å². The van der Waals surface area contributed by atoms with Gasteiger partial charge in [-0.1, -0.05) is 43.3 Å². The summed E-state index contributed by atoms with van der Waals surface area (Å²) in [7, 11) is 0. The Kier molecular flexibility index (Phi) is 3.60. The summed E-state index contributed by atoms with van der Waals surface area (Å²) in [5.74, 6) is 1.08. The first-order chi connectivity index (χ1) is 12.1. The second kappa shape index (κ2) is 5.81. The van der Waals surface area contributed by atoms with Crippen LogP contribution >= 0.6 is 0 Å². The van der Waals surface area contributed by atoms with Gasteiger partial charge in [0.2, 0.25) is 6.79 Å². The van der Waals surface area contributed by atoms with E-state index in [1.807, 2.05) is 43.3 Å². The molecule has 128 valence electrons. The Hall–Kier alpha value is -3.02. The number of carbonyl (C=O) groups is 2. The minimum atomic E-state index is -1.01. The molecule has 2 aromatic carbocycles. The lowest BCUT2D eigenvalue weighted by molar-refractivity contribution is -0.132. The number of nitrogens with zero attached hydrogens (tertiary/aromatic N) is 1. The molecule has 1 fully saturated rings. The molecule has 25 heavy (non-hydrogen) atoms. The van der Waals surface area contributed by atoms with Crippen molar-refractivity contribution in [2.45, 2.75) is 25.4 Å². The van der Waals surface area contributed by atoms with E-state index < -0.39 is 5.54 Å². The molecule has 1 saturated heterocycles. The largest absolute Gasteiger partial charge is 0.454 e. The molecule has 0 radical (unpaired) electrons. The third-order valence-electron chi connectivity index (χ3n) is 4.75. The van der Waals surface area contributed by atoms with Crippen molar-refractivity contribution in [3.63, 3.8) is 0 Å². The molecule has 0 aromatic heterocycles. The van der Waals surface area contributed by atoms with Crippen molar-refractivity contribution in [3.8, 4) is 11.5 Å². The number of hydrogen-bond donors (Lipinski definition) is 1. The van der Waals surface area contributed by atoms with Crippen LogP contribution < -0.4 is 14.8 Å². The zero-order valence-corrected chi connectivity index (χ0v) is 13.8. The van der Waals surface area contributed by atoms with Gasteiger partial charge in [-0.2, -0.15) is 0 Å². The third-order valence-corrected chi connectivity index (χ3v) is 4.75. The molecule has 0 spiro atoms. The first-order valence-electron chi connectivity index (χ1n) is 8.22. The van der Waals surface area contributed by atoms with Gasteiger partial charge in [-0.3, -0.25) is 9.69 Å².